The predicted octanol–water partition coefficient (Wildman–Crippen LogP) is 3.93. The highest BCUT2D eigenvalue weighted by Crippen LogP contribution is 2.21. The van der Waals surface area contributed by atoms with E-state index < -0.39 is 0 Å². The predicted molar refractivity (Wildman–Crippen MR) is 78.1 cm³/mol. The highest BCUT2D eigenvalue weighted by molar-refractivity contribution is 9.10. The Morgan fingerprint density at radius 2 is 2.05 bits per heavy atom. The third kappa shape index (κ3) is 3.07. The van der Waals surface area contributed by atoms with Gasteiger partial charge in [-0.05, 0) is 48.0 Å². The van der Waals surface area contributed by atoms with Gasteiger partial charge in [-0.3, -0.25) is 4.79 Å². The fourth-order valence-electron chi connectivity index (χ4n) is 1.91. The average Bonchev–Trinajstić information content (AvgIpc) is 2.77. The molecule has 0 unspecified atom stereocenters. The van der Waals surface area contributed by atoms with E-state index in [0.29, 0.717) is 12.1 Å². The van der Waals surface area contributed by atoms with Crippen LogP contribution in [-0.4, -0.2) is 17.9 Å². The topological polar surface area (TPSA) is 33.5 Å². The molecule has 0 saturated carbocycles. The van der Waals surface area contributed by atoms with E-state index in [1.165, 1.54) is 0 Å². The van der Waals surface area contributed by atoms with Crippen molar-refractivity contribution in [2.45, 2.75) is 20.4 Å². The largest absolute Gasteiger partial charge is 0.469 e. The highest BCUT2D eigenvalue weighted by Gasteiger charge is 2.16. The van der Waals surface area contributed by atoms with Crippen LogP contribution in [0.4, 0.5) is 0 Å². The monoisotopic (exact) mass is 321 g/mol. The van der Waals surface area contributed by atoms with Crippen LogP contribution in [0.2, 0.25) is 0 Å². The lowest BCUT2D eigenvalue weighted by molar-refractivity contribution is 0.0783. The van der Waals surface area contributed by atoms with Gasteiger partial charge in [-0.1, -0.05) is 11.6 Å². The van der Waals surface area contributed by atoms with Crippen molar-refractivity contribution >= 4 is 21.8 Å². The van der Waals surface area contributed by atoms with Gasteiger partial charge < -0.3 is 9.32 Å². The molecule has 0 bridgehead atoms. The number of nitrogens with zero attached hydrogens (tertiary/aromatic N) is 1. The van der Waals surface area contributed by atoms with Crippen molar-refractivity contribution in [1.29, 1.82) is 0 Å². The van der Waals surface area contributed by atoms with Gasteiger partial charge in [0.15, 0.2) is 0 Å². The summed E-state index contributed by atoms with van der Waals surface area (Å²) in [6.07, 6.45) is 1.64. The third-order valence-corrected chi connectivity index (χ3v) is 3.76. The van der Waals surface area contributed by atoms with Crippen LogP contribution in [0.5, 0.6) is 0 Å². The van der Waals surface area contributed by atoms with Gasteiger partial charge in [0.1, 0.15) is 5.76 Å². The summed E-state index contributed by atoms with van der Waals surface area (Å²) in [5.41, 5.74) is 2.78. The first-order valence-electron chi connectivity index (χ1n) is 6.03. The summed E-state index contributed by atoms with van der Waals surface area (Å²) in [6, 6.07) is 7.66. The van der Waals surface area contributed by atoms with E-state index in [2.05, 4.69) is 15.9 Å². The second kappa shape index (κ2) is 5.61. The number of hydrogen-bond acceptors (Lipinski definition) is 2. The van der Waals surface area contributed by atoms with Crippen molar-refractivity contribution in [2.24, 2.45) is 0 Å². The molecular formula is C15H16BrNO2. The number of amides is 1. The van der Waals surface area contributed by atoms with Gasteiger partial charge in [-0.15, -0.1) is 0 Å². The first-order valence-corrected chi connectivity index (χ1v) is 6.83. The van der Waals surface area contributed by atoms with Crippen molar-refractivity contribution in [3.8, 4) is 0 Å². The molecule has 0 N–H and O–H groups in total. The molecule has 1 amide bonds. The first kappa shape index (κ1) is 13.9. The molecule has 0 atom stereocenters. The molecule has 100 valence electrons. The summed E-state index contributed by atoms with van der Waals surface area (Å²) >= 11 is 3.43. The van der Waals surface area contributed by atoms with E-state index in [1.807, 2.05) is 38.1 Å². The zero-order valence-corrected chi connectivity index (χ0v) is 12.8. The number of furan rings is 1. The Bertz CT molecular complexity index is 604. The standard InChI is InChI=1S/C15H16BrNO2/c1-10-4-5-14(16)13(8-10)15(18)17(3)9-12-6-7-19-11(12)2/h4-8H,9H2,1-3H3. The van der Waals surface area contributed by atoms with Crippen LogP contribution in [0, 0.1) is 13.8 Å². The molecule has 1 aromatic carbocycles. The molecule has 2 aromatic rings. The second-order valence-electron chi connectivity index (χ2n) is 4.65. The van der Waals surface area contributed by atoms with E-state index in [4.69, 9.17) is 4.42 Å². The van der Waals surface area contributed by atoms with Crippen molar-refractivity contribution in [3.63, 3.8) is 0 Å². The van der Waals surface area contributed by atoms with Crippen molar-refractivity contribution in [1.82, 2.24) is 4.90 Å². The lowest BCUT2D eigenvalue weighted by Crippen LogP contribution is -2.26. The van der Waals surface area contributed by atoms with Crippen LogP contribution >= 0.6 is 15.9 Å². The fourth-order valence-corrected chi connectivity index (χ4v) is 2.33. The number of carbonyl (C=O) groups excluding carboxylic acids is 1. The van der Waals surface area contributed by atoms with Crippen LogP contribution in [0.15, 0.2) is 39.4 Å². The first-order chi connectivity index (χ1) is 8.99. The van der Waals surface area contributed by atoms with E-state index in [1.54, 1.807) is 18.2 Å². The highest BCUT2D eigenvalue weighted by atomic mass is 79.9. The molecule has 0 aliphatic rings. The fraction of sp³-hybridized carbons (Fsp3) is 0.267. The van der Waals surface area contributed by atoms with E-state index in [-0.39, 0.29) is 5.91 Å². The molecule has 0 aliphatic carbocycles. The van der Waals surface area contributed by atoms with Gasteiger partial charge in [0, 0.05) is 23.6 Å². The summed E-state index contributed by atoms with van der Waals surface area (Å²) in [5.74, 6) is 0.846. The minimum absolute atomic E-state index is 0.00354. The van der Waals surface area contributed by atoms with Crippen molar-refractivity contribution in [2.75, 3.05) is 7.05 Å². The second-order valence-corrected chi connectivity index (χ2v) is 5.50. The Hall–Kier alpha value is -1.55. The summed E-state index contributed by atoms with van der Waals surface area (Å²) < 4.78 is 6.06. The quantitative estimate of drug-likeness (QED) is 0.858. The molecule has 1 aromatic heterocycles. The molecule has 0 radical (unpaired) electrons. The number of rotatable bonds is 3. The Labute approximate surface area is 121 Å². The number of aryl methyl sites for hydroxylation is 2. The molecule has 0 spiro atoms. The smallest absolute Gasteiger partial charge is 0.255 e. The van der Waals surface area contributed by atoms with Crippen LogP contribution in [0.3, 0.4) is 0 Å². The van der Waals surface area contributed by atoms with Gasteiger partial charge in [0.25, 0.3) is 5.91 Å². The Kier molecular flexibility index (Phi) is 4.10. The number of halogens is 1. The van der Waals surface area contributed by atoms with Crippen LogP contribution in [0.1, 0.15) is 27.2 Å². The maximum absolute atomic E-state index is 12.4. The Morgan fingerprint density at radius 3 is 2.68 bits per heavy atom. The normalized spacial score (nSPS) is 10.5. The van der Waals surface area contributed by atoms with Crippen LogP contribution in [0.25, 0.3) is 0 Å². The van der Waals surface area contributed by atoms with Crippen LogP contribution in [-0.2, 0) is 6.54 Å². The maximum atomic E-state index is 12.4. The van der Waals surface area contributed by atoms with E-state index in [9.17, 15) is 4.79 Å². The molecule has 2 rings (SSSR count). The summed E-state index contributed by atoms with van der Waals surface area (Å²) in [4.78, 5) is 14.1. The summed E-state index contributed by atoms with van der Waals surface area (Å²) in [7, 11) is 1.80. The zero-order chi connectivity index (χ0) is 14.0. The zero-order valence-electron chi connectivity index (χ0n) is 11.2. The molecule has 4 heteroatoms. The molecule has 19 heavy (non-hydrogen) atoms. The molecule has 0 saturated heterocycles. The lowest BCUT2D eigenvalue weighted by atomic mass is 10.1. The van der Waals surface area contributed by atoms with Gasteiger partial charge in [0.2, 0.25) is 0 Å². The van der Waals surface area contributed by atoms with Crippen molar-refractivity contribution < 1.29 is 9.21 Å². The van der Waals surface area contributed by atoms with Crippen molar-refractivity contribution in [3.05, 3.63) is 57.5 Å². The van der Waals surface area contributed by atoms with E-state index in [0.717, 1.165) is 21.4 Å². The van der Waals surface area contributed by atoms with Gasteiger partial charge in [-0.25, -0.2) is 0 Å². The van der Waals surface area contributed by atoms with Gasteiger partial charge >= 0.3 is 0 Å². The Morgan fingerprint density at radius 1 is 1.32 bits per heavy atom. The molecule has 1 heterocycles. The summed E-state index contributed by atoms with van der Waals surface area (Å²) in [5, 5.41) is 0. The molecular weight excluding hydrogens is 306 g/mol. The number of benzene rings is 1. The third-order valence-electron chi connectivity index (χ3n) is 3.07. The van der Waals surface area contributed by atoms with Crippen LogP contribution < -0.4 is 0 Å². The lowest BCUT2D eigenvalue weighted by Gasteiger charge is -2.18. The number of hydrogen-bond donors (Lipinski definition) is 0. The van der Waals surface area contributed by atoms with Gasteiger partial charge in [-0.2, -0.15) is 0 Å². The molecule has 3 nitrogen and oxygen atoms in total. The molecule has 0 fully saturated rings. The number of carbonyl (C=O) groups is 1. The minimum atomic E-state index is -0.00354. The molecule has 0 aliphatic heterocycles. The maximum Gasteiger partial charge on any atom is 0.255 e. The minimum Gasteiger partial charge on any atom is -0.469 e. The van der Waals surface area contributed by atoms with Gasteiger partial charge in [0.05, 0.1) is 11.8 Å². The van der Waals surface area contributed by atoms with E-state index >= 15 is 0 Å². The Balaban J connectivity index is 2.19. The average molecular weight is 322 g/mol. The SMILES string of the molecule is Cc1ccc(Br)c(C(=O)N(C)Cc2ccoc2C)c1. The summed E-state index contributed by atoms with van der Waals surface area (Å²) in [6.45, 7) is 4.42.